The van der Waals surface area contributed by atoms with E-state index in [9.17, 15) is 9.59 Å². The fourth-order valence-corrected chi connectivity index (χ4v) is 3.30. The molecule has 136 valence electrons. The minimum Gasteiger partial charge on any atom is -0.497 e. The summed E-state index contributed by atoms with van der Waals surface area (Å²) in [5.74, 6) is 0.520. The number of carbonyl (C=O) groups excluding carboxylic acids is 2. The molecule has 1 unspecified atom stereocenters. The van der Waals surface area contributed by atoms with Gasteiger partial charge in [-0.1, -0.05) is 12.1 Å². The van der Waals surface area contributed by atoms with E-state index in [1.165, 1.54) is 0 Å². The summed E-state index contributed by atoms with van der Waals surface area (Å²) in [4.78, 5) is 29.2. The lowest BCUT2D eigenvalue weighted by Crippen LogP contribution is -2.58. The SMILES string of the molecule is COc1ccc(C(=O)N2CCN(c3cc(C)ccc3C)C(=O)C2C)cc1. The third kappa shape index (κ3) is 3.29. The maximum Gasteiger partial charge on any atom is 0.254 e. The van der Waals surface area contributed by atoms with Gasteiger partial charge < -0.3 is 14.5 Å². The van der Waals surface area contributed by atoms with Crippen molar-refractivity contribution in [3.05, 3.63) is 59.2 Å². The molecule has 3 rings (SSSR count). The Kier molecular flexibility index (Phi) is 4.98. The van der Waals surface area contributed by atoms with Crippen LogP contribution in [0.3, 0.4) is 0 Å². The quantitative estimate of drug-likeness (QED) is 0.852. The van der Waals surface area contributed by atoms with Crippen molar-refractivity contribution in [3.8, 4) is 5.75 Å². The largest absolute Gasteiger partial charge is 0.497 e. The van der Waals surface area contributed by atoms with E-state index in [1.54, 1.807) is 48.1 Å². The van der Waals surface area contributed by atoms with Gasteiger partial charge >= 0.3 is 0 Å². The molecule has 5 nitrogen and oxygen atoms in total. The molecule has 0 radical (unpaired) electrons. The molecule has 0 aliphatic carbocycles. The van der Waals surface area contributed by atoms with Crippen LogP contribution in [0.15, 0.2) is 42.5 Å². The number of rotatable bonds is 3. The van der Waals surface area contributed by atoms with Gasteiger partial charge in [0.2, 0.25) is 5.91 Å². The van der Waals surface area contributed by atoms with Crippen molar-refractivity contribution >= 4 is 17.5 Å². The van der Waals surface area contributed by atoms with Gasteiger partial charge in [0.05, 0.1) is 7.11 Å². The van der Waals surface area contributed by atoms with Gasteiger partial charge in [-0.05, 0) is 62.2 Å². The van der Waals surface area contributed by atoms with E-state index in [0.29, 0.717) is 24.4 Å². The molecule has 2 aromatic carbocycles. The van der Waals surface area contributed by atoms with E-state index in [-0.39, 0.29) is 11.8 Å². The second-order valence-corrected chi connectivity index (χ2v) is 6.68. The van der Waals surface area contributed by atoms with Crippen molar-refractivity contribution in [1.82, 2.24) is 4.90 Å². The minimum absolute atomic E-state index is 0.0492. The van der Waals surface area contributed by atoms with Crippen LogP contribution in [0.5, 0.6) is 5.75 Å². The van der Waals surface area contributed by atoms with Crippen LogP contribution in [-0.2, 0) is 4.79 Å². The number of piperazine rings is 1. The number of nitrogens with zero attached hydrogens (tertiary/aromatic N) is 2. The number of methoxy groups -OCH3 is 1. The molecule has 0 saturated carbocycles. The molecule has 2 amide bonds. The van der Waals surface area contributed by atoms with Gasteiger partial charge in [-0.2, -0.15) is 0 Å². The molecule has 26 heavy (non-hydrogen) atoms. The second-order valence-electron chi connectivity index (χ2n) is 6.68. The molecule has 0 bridgehead atoms. The zero-order valence-electron chi connectivity index (χ0n) is 15.7. The molecular weight excluding hydrogens is 328 g/mol. The Balaban J connectivity index is 1.80. The topological polar surface area (TPSA) is 49.9 Å². The van der Waals surface area contributed by atoms with Gasteiger partial charge in [0.15, 0.2) is 0 Å². The van der Waals surface area contributed by atoms with Crippen molar-refractivity contribution < 1.29 is 14.3 Å². The highest BCUT2D eigenvalue weighted by Crippen LogP contribution is 2.26. The Morgan fingerprint density at radius 1 is 1.08 bits per heavy atom. The van der Waals surface area contributed by atoms with Gasteiger partial charge in [-0.3, -0.25) is 9.59 Å². The molecule has 2 aromatic rings. The lowest BCUT2D eigenvalue weighted by atomic mass is 10.1. The highest BCUT2D eigenvalue weighted by Gasteiger charge is 2.35. The predicted molar refractivity (Wildman–Crippen MR) is 102 cm³/mol. The third-order valence-electron chi connectivity index (χ3n) is 4.91. The number of amides is 2. The summed E-state index contributed by atoms with van der Waals surface area (Å²) in [6.45, 7) is 6.81. The molecule has 1 atom stereocenters. The number of aryl methyl sites for hydroxylation is 2. The fourth-order valence-electron chi connectivity index (χ4n) is 3.30. The maximum atomic E-state index is 12.9. The molecule has 1 aliphatic rings. The zero-order valence-corrected chi connectivity index (χ0v) is 15.7. The summed E-state index contributed by atoms with van der Waals surface area (Å²) in [6, 6.07) is 12.6. The van der Waals surface area contributed by atoms with Crippen molar-refractivity contribution in [2.24, 2.45) is 0 Å². The summed E-state index contributed by atoms with van der Waals surface area (Å²) in [5.41, 5.74) is 3.66. The van der Waals surface area contributed by atoms with Gasteiger partial charge in [-0.15, -0.1) is 0 Å². The molecule has 1 aliphatic heterocycles. The standard InChI is InChI=1S/C21H24N2O3/c1-14-5-6-15(2)19(13-14)23-12-11-22(16(3)20(23)24)21(25)17-7-9-18(26-4)10-8-17/h5-10,13,16H,11-12H2,1-4H3. The lowest BCUT2D eigenvalue weighted by Gasteiger charge is -2.39. The highest BCUT2D eigenvalue weighted by atomic mass is 16.5. The number of ether oxygens (including phenoxy) is 1. The molecule has 1 fully saturated rings. The summed E-state index contributed by atoms with van der Waals surface area (Å²) in [7, 11) is 1.59. The number of carbonyl (C=O) groups is 2. The molecule has 1 saturated heterocycles. The summed E-state index contributed by atoms with van der Waals surface area (Å²) >= 11 is 0. The van der Waals surface area contributed by atoms with Gasteiger partial charge in [0, 0.05) is 24.3 Å². The number of hydrogen-bond donors (Lipinski definition) is 0. The van der Waals surface area contributed by atoms with Crippen LogP contribution in [0.1, 0.15) is 28.4 Å². The van der Waals surface area contributed by atoms with E-state index in [4.69, 9.17) is 4.74 Å². The van der Waals surface area contributed by atoms with Gasteiger partial charge in [-0.25, -0.2) is 0 Å². The zero-order chi connectivity index (χ0) is 18.8. The summed E-state index contributed by atoms with van der Waals surface area (Å²) in [6.07, 6.45) is 0. The van der Waals surface area contributed by atoms with Crippen LogP contribution in [0.4, 0.5) is 5.69 Å². The average Bonchev–Trinajstić information content (AvgIpc) is 2.65. The van der Waals surface area contributed by atoms with Crippen LogP contribution in [0.2, 0.25) is 0 Å². The van der Waals surface area contributed by atoms with Gasteiger partial charge in [0.1, 0.15) is 11.8 Å². The predicted octanol–water partition coefficient (Wildman–Crippen LogP) is 3.19. The smallest absolute Gasteiger partial charge is 0.254 e. The fraction of sp³-hybridized carbons (Fsp3) is 0.333. The lowest BCUT2D eigenvalue weighted by molar-refractivity contribution is -0.124. The molecule has 0 N–H and O–H groups in total. The van der Waals surface area contributed by atoms with Crippen molar-refractivity contribution in [3.63, 3.8) is 0 Å². The van der Waals surface area contributed by atoms with Crippen molar-refractivity contribution in [2.75, 3.05) is 25.1 Å². The average molecular weight is 352 g/mol. The molecule has 0 spiro atoms. The molecule has 5 heteroatoms. The van der Waals surface area contributed by atoms with E-state index >= 15 is 0 Å². The van der Waals surface area contributed by atoms with E-state index in [0.717, 1.165) is 16.8 Å². The summed E-state index contributed by atoms with van der Waals surface area (Å²) < 4.78 is 5.13. The number of benzene rings is 2. The van der Waals surface area contributed by atoms with Crippen LogP contribution < -0.4 is 9.64 Å². The highest BCUT2D eigenvalue weighted by molar-refractivity contribution is 6.03. The van der Waals surface area contributed by atoms with Crippen LogP contribution >= 0.6 is 0 Å². The number of anilines is 1. The molecular formula is C21H24N2O3. The molecule has 0 aromatic heterocycles. The van der Waals surface area contributed by atoms with Gasteiger partial charge in [0.25, 0.3) is 5.91 Å². The Bertz CT molecular complexity index is 830. The van der Waals surface area contributed by atoms with E-state index in [1.807, 2.05) is 32.0 Å². The van der Waals surface area contributed by atoms with E-state index in [2.05, 4.69) is 0 Å². The van der Waals surface area contributed by atoms with Crippen molar-refractivity contribution in [2.45, 2.75) is 26.8 Å². The van der Waals surface area contributed by atoms with Crippen LogP contribution in [-0.4, -0.2) is 43.0 Å². The Hall–Kier alpha value is -2.82. The second kappa shape index (κ2) is 7.20. The van der Waals surface area contributed by atoms with Crippen LogP contribution in [0, 0.1) is 13.8 Å². The Labute approximate surface area is 154 Å². The first-order chi connectivity index (χ1) is 12.4. The minimum atomic E-state index is -0.502. The first-order valence-corrected chi connectivity index (χ1v) is 8.76. The number of hydrogen-bond acceptors (Lipinski definition) is 3. The Morgan fingerprint density at radius 3 is 2.42 bits per heavy atom. The first-order valence-electron chi connectivity index (χ1n) is 8.76. The Morgan fingerprint density at radius 2 is 1.77 bits per heavy atom. The van der Waals surface area contributed by atoms with Crippen molar-refractivity contribution in [1.29, 1.82) is 0 Å². The monoisotopic (exact) mass is 352 g/mol. The first kappa shape index (κ1) is 18.0. The van der Waals surface area contributed by atoms with E-state index < -0.39 is 6.04 Å². The van der Waals surface area contributed by atoms with Crippen LogP contribution in [0.25, 0.3) is 0 Å². The normalized spacial score (nSPS) is 17.4. The maximum absolute atomic E-state index is 12.9. The summed E-state index contributed by atoms with van der Waals surface area (Å²) in [5, 5.41) is 0. The molecule has 1 heterocycles. The third-order valence-corrected chi connectivity index (χ3v) is 4.91.